The number of nitrogens with zero attached hydrogens (tertiary/aromatic N) is 2. The van der Waals surface area contributed by atoms with Crippen LogP contribution in [0.1, 0.15) is 22.0 Å². The van der Waals surface area contributed by atoms with Crippen LogP contribution in [0.3, 0.4) is 0 Å². The monoisotopic (exact) mass is 388 g/mol. The molecule has 0 aliphatic carbocycles. The number of fused-ring (bicyclic) bond motifs is 1. The molecule has 0 spiro atoms. The molecule has 0 saturated carbocycles. The first-order valence-corrected chi connectivity index (χ1v) is 9.86. The molecule has 2 heterocycles. The molecule has 0 aliphatic rings. The highest BCUT2D eigenvalue weighted by molar-refractivity contribution is 7.18. The molecule has 28 heavy (non-hydrogen) atoms. The molecule has 0 atom stereocenters. The minimum Gasteiger partial charge on any atom is -0.360 e. The Labute approximate surface area is 167 Å². The number of carbonyl (C=O) groups excluding carboxylic acids is 1. The number of hydrogen-bond acceptors (Lipinski definition) is 5. The zero-order valence-corrected chi connectivity index (χ0v) is 16.2. The molecule has 0 radical (unpaired) electrons. The Morgan fingerprint density at radius 3 is 2.29 bits per heavy atom. The fraction of sp³-hybridized carbons (Fsp3) is 0.136. The largest absolute Gasteiger partial charge is 0.360 e. The van der Waals surface area contributed by atoms with Crippen molar-refractivity contribution in [2.24, 2.45) is 0 Å². The zero-order valence-electron chi connectivity index (χ0n) is 15.4. The topological polar surface area (TPSA) is 66.9 Å². The number of anilines is 1. The van der Waals surface area contributed by atoms with Crippen molar-refractivity contribution in [3.05, 3.63) is 89.1 Å². The van der Waals surface area contributed by atoms with E-state index < -0.39 is 0 Å². The summed E-state index contributed by atoms with van der Waals surface area (Å²) in [6, 6.07) is 21.8. The number of nitrogens with one attached hydrogen (secondary N) is 2. The van der Waals surface area contributed by atoms with Crippen LogP contribution in [0.15, 0.2) is 73.1 Å². The molecule has 2 aromatic carbocycles. The predicted molar refractivity (Wildman–Crippen MR) is 114 cm³/mol. The third-order valence-electron chi connectivity index (χ3n) is 4.44. The Morgan fingerprint density at radius 1 is 1.00 bits per heavy atom. The van der Waals surface area contributed by atoms with Gasteiger partial charge < -0.3 is 10.6 Å². The molecule has 1 amide bonds. The van der Waals surface area contributed by atoms with E-state index in [2.05, 4.69) is 20.6 Å². The highest BCUT2D eigenvalue weighted by Gasteiger charge is 2.17. The molecule has 0 fully saturated rings. The normalized spacial score (nSPS) is 10.9. The molecule has 0 unspecified atom stereocenters. The summed E-state index contributed by atoms with van der Waals surface area (Å²) in [4.78, 5) is 23.4. The summed E-state index contributed by atoms with van der Waals surface area (Å²) in [5.74, 6) is 0.580. The van der Waals surface area contributed by atoms with Crippen LogP contribution in [0, 0.1) is 6.92 Å². The lowest BCUT2D eigenvalue weighted by Gasteiger charge is -2.20. The van der Waals surface area contributed by atoms with Crippen LogP contribution in [-0.4, -0.2) is 22.4 Å². The summed E-state index contributed by atoms with van der Waals surface area (Å²) in [6.07, 6.45) is 1.52. The van der Waals surface area contributed by atoms with E-state index in [4.69, 9.17) is 0 Å². The van der Waals surface area contributed by atoms with Crippen LogP contribution in [-0.2, 0) is 4.79 Å². The van der Waals surface area contributed by atoms with Crippen LogP contribution < -0.4 is 10.6 Å². The highest BCUT2D eigenvalue weighted by Crippen LogP contribution is 2.27. The first kappa shape index (κ1) is 18.1. The van der Waals surface area contributed by atoms with Crippen LogP contribution in [0.25, 0.3) is 10.2 Å². The van der Waals surface area contributed by atoms with Crippen molar-refractivity contribution < 1.29 is 4.79 Å². The average molecular weight is 388 g/mol. The standard InChI is InChI=1S/C22H20N4OS/c1-15-12-18-21(24-14-25-22(18)28-15)23-13-19(27)26-20(16-8-4-2-5-9-16)17-10-6-3-7-11-17/h2-12,14,20H,13H2,1H3,(H,26,27)(H,23,24,25). The molecule has 4 aromatic rings. The second-order valence-corrected chi connectivity index (χ2v) is 7.71. The van der Waals surface area contributed by atoms with E-state index in [1.54, 1.807) is 11.3 Å². The van der Waals surface area contributed by atoms with E-state index in [1.807, 2.05) is 73.7 Å². The molecule has 0 bridgehead atoms. The first-order valence-electron chi connectivity index (χ1n) is 9.05. The maximum atomic E-state index is 12.7. The smallest absolute Gasteiger partial charge is 0.240 e. The van der Waals surface area contributed by atoms with Gasteiger partial charge in [-0.3, -0.25) is 4.79 Å². The summed E-state index contributed by atoms with van der Waals surface area (Å²) in [5, 5.41) is 7.23. The van der Waals surface area contributed by atoms with Gasteiger partial charge in [0.2, 0.25) is 5.91 Å². The Bertz CT molecular complexity index is 1040. The summed E-state index contributed by atoms with van der Waals surface area (Å²) >= 11 is 1.61. The Hall–Kier alpha value is -3.25. The number of rotatable bonds is 6. The Balaban J connectivity index is 1.50. The Morgan fingerprint density at radius 2 is 1.64 bits per heavy atom. The van der Waals surface area contributed by atoms with Crippen molar-refractivity contribution in [3.63, 3.8) is 0 Å². The minimum atomic E-state index is -0.203. The molecule has 0 saturated heterocycles. The molecule has 2 aromatic heterocycles. The van der Waals surface area contributed by atoms with Crippen molar-refractivity contribution in [3.8, 4) is 0 Å². The number of aryl methyl sites for hydroxylation is 1. The van der Waals surface area contributed by atoms with Crippen LogP contribution >= 0.6 is 11.3 Å². The van der Waals surface area contributed by atoms with Gasteiger partial charge in [0.1, 0.15) is 17.0 Å². The third kappa shape index (κ3) is 4.02. The lowest BCUT2D eigenvalue weighted by atomic mass is 9.99. The van der Waals surface area contributed by atoms with E-state index in [0.29, 0.717) is 5.82 Å². The predicted octanol–water partition coefficient (Wildman–Crippen LogP) is 4.32. The summed E-state index contributed by atoms with van der Waals surface area (Å²) in [6.45, 7) is 2.17. The van der Waals surface area contributed by atoms with E-state index in [0.717, 1.165) is 26.2 Å². The fourth-order valence-electron chi connectivity index (χ4n) is 3.14. The zero-order chi connectivity index (χ0) is 19.3. The molecule has 140 valence electrons. The summed E-state index contributed by atoms with van der Waals surface area (Å²) in [5.41, 5.74) is 2.08. The second-order valence-electron chi connectivity index (χ2n) is 6.47. The molecule has 4 rings (SSSR count). The van der Waals surface area contributed by atoms with Gasteiger partial charge in [0.15, 0.2) is 0 Å². The second kappa shape index (κ2) is 8.19. The van der Waals surface area contributed by atoms with Gasteiger partial charge in [-0.2, -0.15) is 0 Å². The van der Waals surface area contributed by atoms with Crippen LogP contribution in [0.2, 0.25) is 0 Å². The first-order chi connectivity index (χ1) is 13.7. The number of carbonyl (C=O) groups is 1. The number of amides is 1. The molecule has 2 N–H and O–H groups in total. The van der Waals surface area contributed by atoms with E-state index in [1.165, 1.54) is 6.33 Å². The van der Waals surface area contributed by atoms with Crippen LogP contribution in [0.5, 0.6) is 0 Å². The van der Waals surface area contributed by atoms with Crippen molar-refractivity contribution in [2.75, 3.05) is 11.9 Å². The van der Waals surface area contributed by atoms with E-state index >= 15 is 0 Å². The SMILES string of the molecule is Cc1cc2c(NCC(=O)NC(c3ccccc3)c3ccccc3)ncnc2s1. The van der Waals surface area contributed by atoms with Gasteiger partial charge in [0.05, 0.1) is 18.0 Å². The van der Waals surface area contributed by atoms with Crippen molar-refractivity contribution in [2.45, 2.75) is 13.0 Å². The molecular formula is C22H20N4OS. The van der Waals surface area contributed by atoms with Gasteiger partial charge >= 0.3 is 0 Å². The van der Waals surface area contributed by atoms with Gasteiger partial charge in [-0.15, -0.1) is 11.3 Å². The fourth-order valence-corrected chi connectivity index (χ4v) is 3.99. The summed E-state index contributed by atoms with van der Waals surface area (Å²) < 4.78 is 0. The Kier molecular flexibility index (Phi) is 5.30. The minimum absolute atomic E-state index is 0.101. The van der Waals surface area contributed by atoms with Crippen molar-refractivity contribution in [1.29, 1.82) is 0 Å². The van der Waals surface area contributed by atoms with Gasteiger partial charge in [-0.05, 0) is 24.1 Å². The van der Waals surface area contributed by atoms with Gasteiger partial charge in [-0.1, -0.05) is 60.7 Å². The quantitative estimate of drug-likeness (QED) is 0.516. The van der Waals surface area contributed by atoms with Crippen LogP contribution in [0.4, 0.5) is 5.82 Å². The average Bonchev–Trinajstić information content (AvgIpc) is 3.12. The highest BCUT2D eigenvalue weighted by atomic mass is 32.1. The van der Waals surface area contributed by atoms with Gasteiger partial charge in [0, 0.05) is 4.88 Å². The van der Waals surface area contributed by atoms with Gasteiger partial charge in [-0.25, -0.2) is 9.97 Å². The summed E-state index contributed by atoms with van der Waals surface area (Å²) in [7, 11) is 0. The lowest BCUT2D eigenvalue weighted by molar-refractivity contribution is -0.119. The number of benzene rings is 2. The molecule has 0 aliphatic heterocycles. The van der Waals surface area contributed by atoms with Crippen molar-refractivity contribution >= 4 is 33.3 Å². The van der Waals surface area contributed by atoms with Crippen molar-refractivity contribution in [1.82, 2.24) is 15.3 Å². The maximum Gasteiger partial charge on any atom is 0.240 e. The number of aromatic nitrogens is 2. The molecule has 5 nitrogen and oxygen atoms in total. The third-order valence-corrected chi connectivity index (χ3v) is 5.40. The van der Waals surface area contributed by atoms with Gasteiger partial charge in [0.25, 0.3) is 0 Å². The lowest BCUT2D eigenvalue weighted by Crippen LogP contribution is -2.34. The molecule has 6 heteroatoms. The maximum absolute atomic E-state index is 12.7. The number of hydrogen-bond donors (Lipinski definition) is 2. The molecular weight excluding hydrogens is 368 g/mol. The number of thiophene rings is 1. The van der Waals surface area contributed by atoms with E-state index in [-0.39, 0.29) is 18.5 Å². The van der Waals surface area contributed by atoms with E-state index in [9.17, 15) is 4.79 Å².